The third-order valence-corrected chi connectivity index (χ3v) is 6.81. The van der Waals surface area contributed by atoms with Crippen LogP contribution in [-0.2, 0) is 0 Å². The first-order valence-corrected chi connectivity index (χ1v) is 14.7. The highest BCUT2D eigenvalue weighted by Gasteiger charge is 2.03. The fourth-order valence-electron chi connectivity index (χ4n) is 4.63. The molecule has 204 valence electrons. The highest BCUT2D eigenvalue weighted by atomic mass is 35.5. The van der Waals surface area contributed by atoms with Gasteiger partial charge in [0.05, 0.1) is 0 Å². The van der Waals surface area contributed by atoms with Gasteiger partial charge in [-0.1, -0.05) is 157 Å². The lowest BCUT2D eigenvalue weighted by molar-refractivity contribution is 0.530. The Kier molecular flexibility index (Phi) is 23.7. The number of rotatable bonds is 18. The van der Waals surface area contributed by atoms with Crippen LogP contribution in [0.15, 0.2) is 66.2 Å². The smallest absolute Gasteiger partial charge is 0.0313 e. The summed E-state index contributed by atoms with van der Waals surface area (Å²) in [5.41, 5.74) is 10.6. The first kappa shape index (κ1) is 34.3. The summed E-state index contributed by atoms with van der Waals surface area (Å²) in [6.45, 7) is 6.82. The Morgan fingerprint density at radius 1 is 0.528 bits per heavy atom. The van der Waals surface area contributed by atoms with E-state index in [-0.39, 0.29) is 12.4 Å². The molecule has 0 amide bonds. The lowest BCUT2D eigenvalue weighted by atomic mass is 9.95. The van der Waals surface area contributed by atoms with Crippen LogP contribution in [0.5, 0.6) is 0 Å². The number of nitrogens with two attached hydrogens (primary N) is 1. The number of allylic oxidation sites excluding steroid dienone is 2. The Morgan fingerprint density at radius 3 is 1.22 bits per heavy atom. The molecule has 2 aromatic carbocycles. The van der Waals surface area contributed by atoms with Crippen LogP contribution in [0.3, 0.4) is 0 Å². The zero-order valence-corrected chi connectivity index (χ0v) is 24.6. The normalized spacial score (nSPS) is 10.2. The molecule has 0 radical (unpaired) electrons. The molecule has 0 aromatic heterocycles. The second kappa shape index (κ2) is 24.9. The molecule has 0 fully saturated rings. The summed E-state index contributed by atoms with van der Waals surface area (Å²) < 4.78 is 0. The van der Waals surface area contributed by atoms with Gasteiger partial charge in [-0.2, -0.15) is 0 Å². The van der Waals surface area contributed by atoms with E-state index in [9.17, 15) is 0 Å². The van der Waals surface area contributed by atoms with Crippen LogP contribution in [0.2, 0.25) is 0 Å². The topological polar surface area (TPSA) is 26.0 Å². The number of hydrogen-bond acceptors (Lipinski definition) is 1. The van der Waals surface area contributed by atoms with E-state index in [1.807, 2.05) is 30.3 Å². The predicted molar refractivity (Wildman–Crippen MR) is 167 cm³/mol. The summed E-state index contributed by atoms with van der Waals surface area (Å²) in [4.78, 5) is 0. The van der Waals surface area contributed by atoms with Gasteiger partial charge in [-0.15, -0.1) is 12.4 Å². The number of unbranched alkanes of at least 4 members (excludes halogenated alkanes) is 15. The number of para-hydroxylation sites is 1. The number of benzene rings is 2. The molecule has 0 saturated heterocycles. The average Bonchev–Trinajstić information content (AvgIpc) is 2.87. The molecule has 2 aromatic rings. The lowest BCUT2D eigenvalue weighted by Gasteiger charge is -2.10. The first-order chi connectivity index (χ1) is 17.1. The minimum absolute atomic E-state index is 0. The van der Waals surface area contributed by atoms with E-state index in [2.05, 4.69) is 51.1 Å². The van der Waals surface area contributed by atoms with E-state index in [1.165, 1.54) is 120 Å². The summed E-state index contributed by atoms with van der Waals surface area (Å²) in [6, 6.07) is 20.4. The molecule has 0 aliphatic heterocycles. The Morgan fingerprint density at radius 2 is 0.889 bits per heavy atom. The maximum absolute atomic E-state index is 5.36. The van der Waals surface area contributed by atoms with E-state index >= 15 is 0 Å². The van der Waals surface area contributed by atoms with Crippen molar-refractivity contribution < 1.29 is 0 Å². The molecule has 0 unspecified atom stereocenters. The highest BCUT2D eigenvalue weighted by Crippen LogP contribution is 2.25. The molecule has 0 spiro atoms. The predicted octanol–water partition coefficient (Wildman–Crippen LogP) is 11.8. The number of hydrogen-bond donors (Lipinski definition) is 1. The van der Waals surface area contributed by atoms with Gasteiger partial charge in [-0.3, -0.25) is 0 Å². The third kappa shape index (κ3) is 19.5. The van der Waals surface area contributed by atoms with Gasteiger partial charge in [-0.25, -0.2) is 0 Å². The van der Waals surface area contributed by atoms with Gasteiger partial charge in [0.1, 0.15) is 0 Å². The quantitative estimate of drug-likeness (QED) is 0.155. The molecule has 2 rings (SSSR count). The minimum Gasteiger partial charge on any atom is -0.399 e. The van der Waals surface area contributed by atoms with Crippen molar-refractivity contribution in [3.63, 3.8) is 0 Å². The van der Waals surface area contributed by atoms with Gasteiger partial charge in [0.25, 0.3) is 0 Å². The average molecular weight is 514 g/mol. The third-order valence-electron chi connectivity index (χ3n) is 6.81. The van der Waals surface area contributed by atoms with Gasteiger partial charge in [0.15, 0.2) is 0 Å². The van der Waals surface area contributed by atoms with E-state index < -0.39 is 0 Å². The van der Waals surface area contributed by atoms with Gasteiger partial charge in [-0.05, 0) is 50.0 Å². The van der Waals surface area contributed by atoms with Gasteiger partial charge in [0, 0.05) is 5.69 Å². The molecule has 0 heterocycles. The van der Waals surface area contributed by atoms with Crippen molar-refractivity contribution in [2.45, 2.75) is 130 Å². The van der Waals surface area contributed by atoms with Crippen LogP contribution in [0, 0.1) is 0 Å². The monoisotopic (exact) mass is 513 g/mol. The van der Waals surface area contributed by atoms with Gasteiger partial charge < -0.3 is 5.73 Å². The van der Waals surface area contributed by atoms with Crippen LogP contribution in [0.4, 0.5) is 5.69 Å². The fourth-order valence-corrected chi connectivity index (χ4v) is 4.63. The molecule has 2 heteroatoms. The van der Waals surface area contributed by atoms with Gasteiger partial charge >= 0.3 is 0 Å². The minimum atomic E-state index is 0. The number of halogens is 1. The van der Waals surface area contributed by atoms with Crippen molar-refractivity contribution in [2.75, 3.05) is 5.73 Å². The highest BCUT2D eigenvalue weighted by molar-refractivity contribution is 5.85. The van der Waals surface area contributed by atoms with E-state index in [4.69, 9.17) is 5.73 Å². The Labute approximate surface area is 230 Å². The van der Waals surface area contributed by atoms with E-state index in [0.717, 1.165) is 5.69 Å². The van der Waals surface area contributed by atoms with Crippen molar-refractivity contribution >= 4 is 23.7 Å². The van der Waals surface area contributed by atoms with Crippen LogP contribution in [-0.4, -0.2) is 0 Å². The molecule has 2 N–H and O–H groups in total. The second-order valence-electron chi connectivity index (χ2n) is 10.3. The van der Waals surface area contributed by atoms with Crippen LogP contribution in [0.1, 0.15) is 135 Å². The molecule has 0 saturated carbocycles. The molecule has 0 bridgehead atoms. The lowest BCUT2D eigenvalue weighted by Crippen LogP contribution is -1.89. The largest absolute Gasteiger partial charge is 0.399 e. The first-order valence-electron chi connectivity index (χ1n) is 14.7. The van der Waals surface area contributed by atoms with Crippen LogP contribution in [0.25, 0.3) is 5.57 Å². The molecular formula is C34H56ClN. The SMILES string of the molecule is CCCCCCCCCCCCCCCCCCC(=C(C)C)c1ccccc1.Cl.Nc1ccccc1. The number of nitrogen functional groups attached to an aromatic ring is 1. The Bertz CT molecular complexity index is 734. The van der Waals surface area contributed by atoms with Crippen molar-refractivity contribution in [3.8, 4) is 0 Å². The zero-order chi connectivity index (χ0) is 25.4. The summed E-state index contributed by atoms with van der Waals surface area (Å²) in [5, 5.41) is 0. The molecule has 1 nitrogen and oxygen atoms in total. The molecule has 0 aliphatic rings. The van der Waals surface area contributed by atoms with Gasteiger partial charge in [0.2, 0.25) is 0 Å². The molecule has 0 aliphatic carbocycles. The summed E-state index contributed by atoms with van der Waals surface area (Å²) in [6.07, 6.45) is 24.3. The number of anilines is 1. The van der Waals surface area contributed by atoms with Crippen molar-refractivity contribution in [3.05, 3.63) is 71.8 Å². The van der Waals surface area contributed by atoms with Crippen molar-refractivity contribution in [1.82, 2.24) is 0 Å². The van der Waals surface area contributed by atoms with Crippen LogP contribution < -0.4 is 5.73 Å². The maximum Gasteiger partial charge on any atom is 0.0313 e. The van der Waals surface area contributed by atoms with E-state index in [0.29, 0.717) is 0 Å². The second-order valence-corrected chi connectivity index (χ2v) is 10.3. The zero-order valence-electron chi connectivity index (χ0n) is 23.8. The standard InChI is InChI=1S/C28H48.C6H7N.ClH/c1-4-5-6-7-8-9-10-11-12-13-14-15-16-17-18-22-25-28(26(2)3)27-23-20-19-21-24-27;7-6-4-2-1-3-5-6;/h19-21,23-24H,4-18,22,25H2,1-3H3;1-5H,7H2;1H. The Hall–Kier alpha value is -1.73. The van der Waals surface area contributed by atoms with Crippen molar-refractivity contribution in [1.29, 1.82) is 0 Å². The Balaban J connectivity index is 0.00000131. The maximum atomic E-state index is 5.36. The molecule has 36 heavy (non-hydrogen) atoms. The molecular weight excluding hydrogens is 458 g/mol. The van der Waals surface area contributed by atoms with Crippen molar-refractivity contribution in [2.24, 2.45) is 0 Å². The van der Waals surface area contributed by atoms with E-state index in [1.54, 1.807) is 5.57 Å². The molecule has 0 atom stereocenters. The summed E-state index contributed by atoms with van der Waals surface area (Å²) in [7, 11) is 0. The summed E-state index contributed by atoms with van der Waals surface area (Å²) in [5.74, 6) is 0. The van der Waals surface area contributed by atoms with Crippen LogP contribution >= 0.6 is 12.4 Å². The fraction of sp³-hybridized carbons (Fsp3) is 0.588. The summed E-state index contributed by atoms with van der Waals surface area (Å²) >= 11 is 0.